The molecule has 0 radical (unpaired) electrons. The van der Waals surface area contributed by atoms with Crippen LogP contribution in [0.4, 0.5) is 0 Å². The molecule has 9 nitrogen and oxygen atoms in total. The monoisotopic (exact) mass is 1060 g/mol. The molecule has 76 heavy (non-hydrogen) atoms. The topological polar surface area (TPSA) is 149 Å². The zero-order valence-corrected chi connectivity index (χ0v) is 48.0. The van der Waals surface area contributed by atoms with Gasteiger partial charge in [0.25, 0.3) is 0 Å². The number of carbonyl (C=O) groups is 1. The number of carbonyl (C=O) groups excluding carboxylic acids is 1. The lowest BCUT2D eigenvalue weighted by Crippen LogP contribution is -2.60. The number of hydrogen-bond donors (Lipinski definition) is 6. The maximum Gasteiger partial charge on any atom is 0.220 e. The first-order valence-electron chi connectivity index (χ1n) is 30.4. The highest BCUT2D eigenvalue weighted by atomic mass is 16.7. The minimum atomic E-state index is -1.57. The molecule has 1 rings (SSSR count). The lowest BCUT2D eigenvalue weighted by atomic mass is 9.99. The molecule has 1 amide bonds. The van der Waals surface area contributed by atoms with Crippen LogP contribution in [0.25, 0.3) is 0 Å². The average molecular weight is 1060 g/mol. The molecule has 1 aliphatic heterocycles. The number of hydrogen-bond acceptors (Lipinski definition) is 8. The second-order valence-corrected chi connectivity index (χ2v) is 20.4. The van der Waals surface area contributed by atoms with Crippen LogP contribution in [0.2, 0.25) is 0 Å². The summed E-state index contributed by atoms with van der Waals surface area (Å²) in [4.78, 5) is 13.1. The summed E-state index contributed by atoms with van der Waals surface area (Å²) in [6.45, 7) is 3.70. The summed E-state index contributed by atoms with van der Waals surface area (Å²) < 4.78 is 11.3. The van der Waals surface area contributed by atoms with Crippen LogP contribution in [0.3, 0.4) is 0 Å². The van der Waals surface area contributed by atoms with E-state index in [-0.39, 0.29) is 12.5 Å². The predicted molar refractivity (Wildman–Crippen MR) is 322 cm³/mol. The normalized spacial score (nSPS) is 19.8. The zero-order chi connectivity index (χ0) is 55.0. The Morgan fingerprint density at radius 1 is 0.461 bits per heavy atom. The quantitative estimate of drug-likeness (QED) is 0.0261. The Kier molecular flexibility index (Phi) is 50.6. The number of unbranched alkanes of at least 4 members (excludes halogenated alkanes) is 18. The van der Waals surface area contributed by atoms with Crippen LogP contribution >= 0.6 is 0 Å². The van der Waals surface area contributed by atoms with Gasteiger partial charge in [-0.1, -0.05) is 257 Å². The third-order valence-corrected chi connectivity index (χ3v) is 13.5. The smallest absolute Gasteiger partial charge is 0.220 e. The molecule has 0 aromatic heterocycles. The van der Waals surface area contributed by atoms with E-state index in [1.807, 2.05) is 0 Å². The fraction of sp³-hybridized carbons (Fsp3) is 0.657. The third kappa shape index (κ3) is 43.3. The highest BCUT2D eigenvalue weighted by Crippen LogP contribution is 2.23. The number of aliphatic hydroxyl groups is 5. The van der Waals surface area contributed by atoms with Crippen LogP contribution < -0.4 is 5.32 Å². The fourth-order valence-electron chi connectivity index (χ4n) is 8.75. The summed E-state index contributed by atoms with van der Waals surface area (Å²) in [5, 5.41) is 54.6. The number of nitrogens with one attached hydrogen (secondary N) is 1. The van der Waals surface area contributed by atoms with Crippen molar-refractivity contribution in [2.24, 2.45) is 0 Å². The fourth-order valence-corrected chi connectivity index (χ4v) is 8.75. The number of aliphatic hydroxyl groups excluding tert-OH is 5. The van der Waals surface area contributed by atoms with Crippen molar-refractivity contribution in [1.82, 2.24) is 5.32 Å². The van der Waals surface area contributed by atoms with Gasteiger partial charge in [0.2, 0.25) is 5.91 Å². The number of allylic oxidation sites excluding steroid dienone is 22. The van der Waals surface area contributed by atoms with Crippen LogP contribution in [-0.2, 0) is 14.3 Å². The first-order valence-corrected chi connectivity index (χ1v) is 30.4. The van der Waals surface area contributed by atoms with Crippen molar-refractivity contribution in [3.05, 3.63) is 134 Å². The lowest BCUT2D eigenvalue weighted by Gasteiger charge is -2.40. The summed E-state index contributed by atoms with van der Waals surface area (Å²) in [7, 11) is 0. The van der Waals surface area contributed by atoms with E-state index in [1.54, 1.807) is 0 Å². The lowest BCUT2D eigenvalue weighted by molar-refractivity contribution is -0.302. The molecular formula is C67H111NO8. The number of ether oxygens (including phenoxy) is 2. The van der Waals surface area contributed by atoms with Gasteiger partial charge in [-0.3, -0.25) is 4.79 Å². The van der Waals surface area contributed by atoms with Gasteiger partial charge in [0, 0.05) is 6.42 Å². The molecule has 432 valence electrons. The molecule has 0 aromatic carbocycles. The van der Waals surface area contributed by atoms with Gasteiger partial charge in [-0.15, -0.1) is 0 Å². The highest BCUT2D eigenvalue weighted by Gasteiger charge is 2.44. The van der Waals surface area contributed by atoms with Gasteiger partial charge < -0.3 is 40.3 Å². The van der Waals surface area contributed by atoms with Crippen LogP contribution in [-0.4, -0.2) is 87.5 Å². The van der Waals surface area contributed by atoms with E-state index < -0.39 is 49.5 Å². The summed E-state index contributed by atoms with van der Waals surface area (Å²) in [6, 6.07) is -0.747. The minimum Gasteiger partial charge on any atom is -0.394 e. The van der Waals surface area contributed by atoms with Gasteiger partial charge in [0.15, 0.2) is 6.29 Å². The maximum atomic E-state index is 13.1. The molecule has 0 spiro atoms. The Hall–Kier alpha value is -3.67. The summed E-state index contributed by atoms with van der Waals surface area (Å²) in [5.74, 6) is -0.181. The van der Waals surface area contributed by atoms with Crippen LogP contribution in [0.15, 0.2) is 134 Å². The van der Waals surface area contributed by atoms with Gasteiger partial charge in [0.05, 0.1) is 25.4 Å². The number of amides is 1. The third-order valence-electron chi connectivity index (χ3n) is 13.5. The van der Waals surface area contributed by atoms with Crippen molar-refractivity contribution < 1.29 is 39.8 Å². The van der Waals surface area contributed by atoms with E-state index in [2.05, 4.69) is 153 Å². The molecule has 0 saturated carbocycles. The molecule has 6 N–H and O–H groups in total. The molecule has 1 heterocycles. The summed E-state index contributed by atoms with van der Waals surface area (Å²) in [6.07, 6.45) is 76.2. The Balaban J connectivity index is 2.22. The second-order valence-electron chi connectivity index (χ2n) is 20.4. The Bertz CT molecular complexity index is 1650. The molecule has 7 unspecified atom stereocenters. The van der Waals surface area contributed by atoms with E-state index in [0.717, 1.165) is 116 Å². The van der Waals surface area contributed by atoms with Crippen molar-refractivity contribution in [1.29, 1.82) is 0 Å². The van der Waals surface area contributed by atoms with E-state index in [1.165, 1.54) is 83.5 Å². The first-order chi connectivity index (χ1) is 37.3. The van der Waals surface area contributed by atoms with Gasteiger partial charge in [-0.05, 0) is 96.3 Å². The van der Waals surface area contributed by atoms with E-state index in [4.69, 9.17) is 9.47 Å². The largest absolute Gasteiger partial charge is 0.394 e. The molecule has 1 fully saturated rings. The molecule has 0 aromatic rings. The van der Waals surface area contributed by atoms with Gasteiger partial charge in [-0.2, -0.15) is 0 Å². The SMILES string of the molecule is CC/C=C\C/C=C\C/C=C\C/C=C\C/C=C\C/C=C\C/C=C\C/C=C\C/C=C\C/C=C\C/C=C\CCCCCC(=O)NC(COC1OC(CO)C(O)C(O)C1O)C(O)CCCCCCCCCCCCCCCCCC. The van der Waals surface area contributed by atoms with Crippen molar-refractivity contribution >= 4 is 5.91 Å². The second kappa shape index (κ2) is 54.7. The van der Waals surface area contributed by atoms with Crippen molar-refractivity contribution in [3.63, 3.8) is 0 Å². The molecule has 9 heteroatoms. The molecular weight excluding hydrogens is 947 g/mol. The summed E-state index contributed by atoms with van der Waals surface area (Å²) in [5.41, 5.74) is 0. The van der Waals surface area contributed by atoms with Crippen molar-refractivity contribution in [2.75, 3.05) is 13.2 Å². The Morgan fingerprint density at radius 2 is 0.816 bits per heavy atom. The Morgan fingerprint density at radius 3 is 1.20 bits per heavy atom. The van der Waals surface area contributed by atoms with Gasteiger partial charge in [-0.25, -0.2) is 0 Å². The van der Waals surface area contributed by atoms with E-state index in [0.29, 0.717) is 12.8 Å². The van der Waals surface area contributed by atoms with E-state index >= 15 is 0 Å². The minimum absolute atomic E-state index is 0.160. The van der Waals surface area contributed by atoms with Crippen molar-refractivity contribution in [3.8, 4) is 0 Å². The molecule has 7 atom stereocenters. The number of rotatable bonds is 50. The highest BCUT2D eigenvalue weighted by molar-refractivity contribution is 5.76. The van der Waals surface area contributed by atoms with Gasteiger partial charge >= 0.3 is 0 Å². The predicted octanol–water partition coefficient (Wildman–Crippen LogP) is 15.7. The van der Waals surface area contributed by atoms with E-state index in [9.17, 15) is 30.3 Å². The molecule has 0 bridgehead atoms. The molecule has 0 aliphatic carbocycles. The van der Waals surface area contributed by atoms with Crippen LogP contribution in [0, 0.1) is 0 Å². The zero-order valence-electron chi connectivity index (χ0n) is 48.0. The molecule has 1 saturated heterocycles. The molecule has 1 aliphatic rings. The Labute approximate surface area is 464 Å². The van der Waals surface area contributed by atoms with Crippen LogP contribution in [0.5, 0.6) is 0 Å². The average Bonchev–Trinajstić information content (AvgIpc) is 3.42. The first kappa shape index (κ1) is 70.3. The maximum absolute atomic E-state index is 13.1. The van der Waals surface area contributed by atoms with Crippen LogP contribution in [0.1, 0.15) is 226 Å². The van der Waals surface area contributed by atoms with Gasteiger partial charge in [0.1, 0.15) is 24.4 Å². The standard InChI is InChI=1S/C67H111NO8/c1-3-5-7-9-11-13-15-17-19-21-22-23-24-25-26-27-28-29-30-31-32-33-34-35-36-37-38-39-40-41-43-45-47-49-51-53-55-57-63(71)68-60(59-75-67-66(74)65(73)64(72)62(58-69)76-67)61(70)56-54-52-50-48-46-44-42-20-18-16-14-12-10-8-6-4-2/h5,7,11,13,17,19,22-23,25-26,28-29,31-32,34-35,37-38,40-41,45,47,60-62,64-67,69-70,72-74H,3-4,6,8-10,12,14-16,18,20-21,24,27,30,33,36,39,42-44,46,48-59H2,1-2H3,(H,68,71)/b7-5-,13-11-,19-17-,23-22-,26-25-,29-28-,32-31-,35-34-,38-37-,41-40-,47-45-. The van der Waals surface area contributed by atoms with Crippen molar-refractivity contribution in [2.45, 2.75) is 269 Å². The summed E-state index contributed by atoms with van der Waals surface area (Å²) >= 11 is 0.